The fraction of sp³-hybridized carbons (Fsp3) is 0.292. The average molecular weight is 439 g/mol. The summed E-state index contributed by atoms with van der Waals surface area (Å²) in [5.41, 5.74) is 7.57. The minimum absolute atomic E-state index is 0.229. The summed E-state index contributed by atoms with van der Waals surface area (Å²) in [6.07, 6.45) is 1.72. The van der Waals surface area contributed by atoms with E-state index in [0.717, 1.165) is 11.3 Å². The van der Waals surface area contributed by atoms with Gasteiger partial charge in [0.05, 0.1) is 17.5 Å². The van der Waals surface area contributed by atoms with Crippen molar-refractivity contribution < 1.29 is 19.0 Å². The molecule has 0 saturated carbocycles. The van der Waals surface area contributed by atoms with Crippen LogP contribution in [-0.2, 0) is 21.5 Å². The van der Waals surface area contributed by atoms with Gasteiger partial charge in [-0.3, -0.25) is 4.79 Å². The zero-order valence-electron chi connectivity index (χ0n) is 17.9. The number of anilines is 2. The lowest BCUT2D eigenvalue weighted by Gasteiger charge is -2.33. The van der Waals surface area contributed by atoms with Gasteiger partial charge in [-0.15, -0.1) is 0 Å². The maximum Gasteiger partial charge on any atom is 0.304 e. The maximum absolute atomic E-state index is 13.6. The summed E-state index contributed by atoms with van der Waals surface area (Å²) in [6, 6.07) is 15.1. The molecule has 0 amide bonds. The van der Waals surface area contributed by atoms with E-state index in [4.69, 9.17) is 10.5 Å². The van der Waals surface area contributed by atoms with Gasteiger partial charge in [0.1, 0.15) is 5.82 Å². The van der Waals surface area contributed by atoms with E-state index in [0.29, 0.717) is 43.4 Å². The van der Waals surface area contributed by atoms with Gasteiger partial charge in [-0.25, -0.2) is 14.4 Å². The summed E-state index contributed by atoms with van der Waals surface area (Å²) < 4.78 is 19.2. The first-order chi connectivity index (χ1) is 15.5. The molecule has 3 aromatic rings. The van der Waals surface area contributed by atoms with Crippen molar-refractivity contribution in [3.05, 3.63) is 83.4 Å². The quantitative estimate of drug-likeness (QED) is 0.388. The van der Waals surface area contributed by atoms with E-state index >= 15 is 0 Å². The van der Waals surface area contributed by atoms with Gasteiger partial charge < -0.3 is 20.9 Å². The fourth-order valence-corrected chi connectivity index (χ4v) is 3.66. The number of halogens is 1. The van der Waals surface area contributed by atoms with Crippen LogP contribution in [0.5, 0.6) is 0 Å². The highest BCUT2D eigenvalue weighted by Gasteiger charge is 2.38. The van der Waals surface area contributed by atoms with Crippen molar-refractivity contribution in [1.29, 1.82) is 0 Å². The molecule has 32 heavy (non-hydrogen) atoms. The van der Waals surface area contributed by atoms with E-state index in [1.54, 1.807) is 24.4 Å². The second-order valence-corrected chi connectivity index (χ2v) is 7.40. The summed E-state index contributed by atoms with van der Waals surface area (Å²) in [5.74, 6) is -1.05. The first-order valence-corrected chi connectivity index (χ1v) is 10.4. The van der Waals surface area contributed by atoms with Crippen molar-refractivity contribution in [3.8, 4) is 0 Å². The number of nitrogens with two attached hydrogens (primary N) is 1. The number of aromatic nitrogens is 2. The number of aliphatic carboxylic acids is 1. The molecule has 2 aromatic carbocycles. The monoisotopic (exact) mass is 438 g/mol. The molecule has 0 radical (unpaired) electrons. The van der Waals surface area contributed by atoms with Crippen LogP contribution in [0.1, 0.15) is 36.6 Å². The van der Waals surface area contributed by atoms with Gasteiger partial charge in [0.15, 0.2) is 0 Å². The highest BCUT2D eigenvalue weighted by molar-refractivity contribution is 5.70. The molecule has 0 aliphatic rings. The number of carboxylic acid groups (broad SMARTS) is 1. The van der Waals surface area contributed by atoms with Crippen molar-refractivity contribution >= 4 is 17.6 Å². The first kappa shape index (κ1) is 23.3. The van der Waals surface area contributed by atoms with Crippen LogP contribution in [-0.4, -0.2) is 34.3 Å². The molecule has 8 heteroatoms. The molecule has 1 aromatic heterocycles. The van der Waals surface area contributed by atoms with Gasteiger partial charge in [0, 0.05) is 31.6 Å². The van der Waals surface area contributed by atoms with Crippen LogP contribution < -0.4 is 11.1 Å². The normalized spacial score (nSPS) is 12.8. The molecule has 0 bridgehead atoms. The molecule has 1 atom stereocenters. The lowest BCUT2D eigenvalue weighted by Crippen LogP contribution is -2.34. The van der Waals surface area contributed by atoms with E-state index in [9.17, 15) is 14.3 Å². The molecule has 0 fully saturated rings. The topological polar surface area (TPSA) is 110 Å². The second kappa shape index (κ2) is 10.8. The molecule has 4 N–H and O–H groups in total. The fourth-order valence-electron chi connectivity index (χ4n) is 3.66. The molecule has 0 aliphatic carbocycles. The molecule has 7 nitrogen and oxygen atoms in total. The Kier molecular flexibility index (Phi) is 7.86. The molecule has 3 rings (SSSR count). The number of ether oxygens (including phenoxy) is 1. The SMILES string of the molecule is CCOCCC(CC(=O)O)(c1ccc(F)cc1)c1ccnc(Nc2ccc(CN)cc2)n1. The van der Waals surface area contributed by atoms with E-state index in [2.05, 4.69) is 15.3 Å². The van der Waals surface area contributed by atoms with Crippen LogP contribution in [0.3, 0.4) is 0 Å². The minimum atomic E-state index is -1.02. The average Bonchev–Trinajstić information content (AvgIpc) is 2.79. The lowest BCUT2D eigenvalue weighted by atomic mass is 9.72. The van der Waals surface area contributed by atoms with Crippen molar-refractivity contribution in [3.63, 3.8) is 0 Å². The summed E-state index contributed by atoms with van der Waals surface area (Å²) >= 11 is 0. The smallest absolute Gasteiger partial charge is 0.304 e. The van der Waals surface area contributed by atoms with Crippen molar-refractivity contribution in [1.82, 2.24) is 9.97 Å². The van der Waals surface area contributed by atoms with Crippen molar-refractivity contribution in [2.75, 3.05) is 18.5 Å². The number of nitrogens with zero attached hydrogens (tertiary/aromatic N) is 2. The summed E-state index contributed by atoms with van der Waals surface area (Å²) in [5, 5.41) is 12.9. The van der Waals surface area contributed by atoms with Crippen LogP contribution in [0.15, 0.2) is 60.8 Å². The molecule has 0 saturated heterocycles. The molecular weight excluding hydrogens is 411 g/mol. The maximum atomic E-state index is 13.6. The zero-order valence-corrected chi connectivity index (χ0v) is 17.9. The number of benzene rings is 2. The van der Waals surface area contributed by atoms with Crippen LogP contribution in [0, 0.1) is 5.82 Å². The third-order valence-electron chi connectivity index (χ3n) is 5.32. The van der Waals surface area contributed by atoms with Crippen molar-refractivity contribution in [2.24, 2.45) is 5.73 Å². The van der Waals surface area contributed by atoms with Gasteiger partial charge in [0.2, 0.25) is 5.95 Å². The molecule has 1 unspecified atom stereocenters. The number of nitrogens with one attached hydrogen (secondary N) is 1. The Balaban J connectivity index is 2.03. The third-order valence-corrected chi connectivity index (χ3v) is 5.32. The van der Waals surface area contributed by atoms with Gasteiger partial charge in [-0.1, -0.05) is 24.3 Å². The highest BCUT2D eigenvalue weighted by Crippen LogP contribution is 2.38. The number of hydrogen-bond acceptors (Lipinski definition) is 6. The van der Waals surface area contributed by atoms with Gasteiger partial charge >= 0.3 is 5.97 Å². The van der Waals surface area contributed by atoms with Gasteiger partial charge in [-0.05, 0) is 54.8 Å². The summed E-state index contributed by atoms with van der Waals surface area (Å²) in [4.78, 5) is 20.9. The van der Waals surface area contributed by atoms with E-state index in [1.165, 1.54) is 12.1 Å². The molecule has 0 aliphatic heterocycles. The molecular formula is C24H27FN4O3. The Labute approximate surface area is 186 Å². The standard InChI is InChI=1S/C24H27FN4O3/c1-2-32-14-12-24(15-22(30)31,18-5-7-19(25)8-6-18)21-11-13-27-23(29-21)28-20-9-3-17(16-26)4-10-20/h3-11,13H,2,12,14-16,26H2,1H3,(H,30,31)(H,27,28,29). The van der Waals surface area contributed by atoms with Crippen LogP contribution >= 0.6 is 0 Å². The molecule has 0 spiro atoms. The van der Waals surface area contributed by atoms with Gasteiger partial charge in [-0.2, -0.15) is 0 Å². The highest BCUT2D eigenvalue weighted by atomic mass is 19.1. The van der Waals surface area contributed by atoms with Crippen molar-refractivity contribution in [2.45, 2.75) is 31.7 Å². The number of rotatable bonds is 11. The summed E-state index contributed by atoms with van der Waals surface area (Å²) in [7, 11) is 0. The predicted molar refractivity (Wildman–Crippen MR) is 120 cm³/mol. The van der Waals surface area contributed by atoms with Crippen LogP contribution in [0.2, 0.25) is 0 Å². The largest absolute Gasteiger partial charge is 0.481 e. The predicted octanol–water partition coefficient (Wildman–Crippen LogP) is 4.01. The van der Waals surface area contributed by atoms with E-state index in [1.807, 2.05) is 31.2 Å². The summed E-state index contributed by atoms with van der Waals surface area (Å²) in [6.45, 7) is 3.15. The van der Waals surface area contributed by atoms with Crippen LogP contribution in [0.4, 0.5) is 16.0 Å². The van der Waals surface area contributed by atoms with E-state index in [-0.39, 0.29) is 6.42 Å². The lowest BCUT2D eigenvalue weighted by molar-refractivity contribution is -0.138. The Morgan fingerprint density at radius 3 is 2.50 bits per heavy atom. The minimum Gasteiger partial charge on any atom is -0.481 e. The second-order valence-electron chi connectivity index (χ2n) is 7.40. The van der Waals surface area contributed by atoms with E-state index < -0.39 is 17.2 Å². The van der Waals surface area contributed by atoms with Gasteiger partial charge in [0.25, 0.3) is 0 Å². The molecule has 1 heterocycles. The number of carboxylic acids is 1. The Bertz CT molecular complexity index is 1030. The zero-order chi connectivity index (χ0) is 23.0. The molecule has 168 valence electrons. The Hall–Kier alpha value is -3.36. The Morgan fingerprint density at radius 2 is 1.88 bits per heavy atom. The number of hydrogen-bond donors (Lipinski definition) is 3. The number of carbonyl (C=O) groups is 1. The van der Waals surface area contributed by atoms with Crippen LogP contribution in [0.25, 0.3) is 0 Å². The Morgan fingerprint density at radius 1 is 1.16 bits per heavy atom. The first-order valence-electron chi connectivity index (χ1n) is 10.4. The third kappa shape index (κ3) is 5.66.